The van der Waals surface area contributed by atoms with Crippen LogP contribution in [0.4, 0.5) is 5.82 Å². The molecule has 2 N–H and O–H groups in total. The average Bonchev–Trinajstić information content (AvgIpc) is 2.55. The highest BCUT2D eigenvalue weighted by molar-refractivity contribution is 5.90. The van der Waals surface area contributed by atoms with Gasteiger partial charge in [-0.05, 0) is 55.9 Å². The molecule has 0 aliphatic heterocycles. The number of nitriles is 1. The lowest BCUT2D eigenvalue weighted by Gasteiger charge is -2.21. The maximum atomic E-state index is 12.7. The van der Waals surface area contributed by atoms with E-state index in [-0.39, 0.29) is 18.0 Å². The lowest BCUT2D eigenvalue weighted by atomic mass is 9.88. The third-order valence-corrected chi connectivity index (χ3v) is 4.27. The number of aromatic nitrogens is 1. The van der Waals surface area contributed by atoms with Gasteiger partial charge in [0.05, 0.1) is 17.7 Å². The Bertz CT molecular complexity index is 906. The second-order valence-corrected chi connectivity index (χ2v) is 5.53. The van der Waals surface area contributed by atoms with Crippen molar-refractivity contribution < 1.29 is 9.53 Å². The molecule has 0 unspecified atom stereocenters. The number of nitrogens with zero attached hydrogens (tertiary/aromatic N) is 2. The summed E-state index contributed by atoms with van der Waals surface area (Å²) in [4.78, 5) is 24.6. The van der Waals surface area contributed by atoms with E-state index in [0.717, 1.165) is 36.8 Å². The van der Waals surface area contributed by atoms with Gasteiger partial charge in [0, 0.05) is 0 Å². The summed E-state index contributed by atoms with van der Waals surface area (Å²) in [6.07, 6.45) is 3.59. The van der Waals surface area contributed by atoms with E-state index in [1.54, 1.807) is 13.0 Å². The zero-order valence-electron chi connectivity index (χ0n) is 12.9. The van der Waals surface area contributed by atoms with E-state index < -0.39 is 11.5 Å². The fourth-order valence-electron chi connectivity index (χ4n) is 3.23. The van der Waals surface area contributed by atoms with Gasteiger partial charge in [0.15, 0.2) is 0 Å². The van der Waals surface area contributed by atoms with Crippen LogP contribution in [-0.2, 0) is 17.6 Å². The highest BCUT2D eigenvalue weighted by atomic mass is 16.5. The third-order valence-electron chi connectivity index (χ3n) is 4.27. The SMILES string of the molecule is CCOC(=O)c1ccc2c3c(c(C#N)c(N)n2c1=O)CCCC3. The van der Waals surface area contributed by atoms with Crippen LogP contribution in [0.15, 0.2) is 16.9 Å². The topological polar surface area (TPSA) is 97.6 Å². The van der Waals surface area contributed by atoms with Gasteiger partial charge >= 0.3 is 5.97 Å². The summed E-state index contributed by atoms with van der Waals surface area (Å²) in [5.74, 6) is -0.582. The summed E-state index contributed by atoms with van der Waals surface area (Å²) in [5, 5.41) is 9.45. The number of ether oxygens (including phenoxy) is 1. The Hall–Kier alpha value is -2.81. The van der Waals surface area contributed by atoms with Gasteiger partial charge in [-0.2, -0.15) is 5.26 Å². The Morgan fingerprint density at radius 2 is 2.04 bits per heavy atom. The average molecular weight is 311 g/mol. The Kier molecular flexibility index (Phi) is 3.78. The van der Waals surface area contributed by atoms with Crippen molar-refractivity contribution >= 4 is 17.3 Å². The normalized spacial score (nSPS) is 13.4. The van der Waals surface area contributed by atoms with E-state index in [1.165, 1.54) is 10.5 Å². The minimum Gasteiger partial charge on any atom is -0.462 e. The number of anilines is 1. The van der Waals surface area contributed by atoms with Crippen LogP contribution in [0, 0.1) is 11.3 Å². The zero-order chi connectivity index (χ0) is 16.6. The number of aryl methyl sites for hydroxylation is 1. The molecule has 0 atom stereocenters. The van der Waals surface area contributed by atoms with Crippen molar-refractivity contribution in [2.75, 3.05) is 12.3 Å². The number of esters is 1. The molecule has 0 amide bonds. The van der Waals surface area contributed by atoms with E-state index in [2.05, 4.69) is 6.07 Å². The Morgan fingerprint density at radius 1 is 1.35 bits per heavy atom. The summed E-state index contributed by atoms with van der Waals surface area (Å²) in [7, 11) is 0. The van der Waals surface area contributed by atoms with E-state index >= 15 is 0 Å². The van der Waals surface area contributed by atoms with E-state index in [0.29, 0.717) is 11.1 Å². The lowest BCUT2D eigenvalue weighted by Crippen LogP contribution is -2.27. The predicted molar refractivity (Wildman–Crippen MR) is 85.4 cm³/mol. The number of carbonyl (C=O) groups excluding carboxylic acids is 1. The van der Waals surface area contributed by atoms with Crippen LogP contribution >= 0.6 is 0 Å². The highest BCUT2D eigenvalue weighted by Crippen LogP contribution is 2.31. The molecule has 0 bridgehead atoms. The molecular weight excluding hydrogens is 294 g/mol. The van der Waals surface area contributed by atoms with Gasteiger partial charge in [-0.15, -0.1) is 0 Å². The van der Waals surface area contributed by atoms with Crippen LogP contribution in [0.5, 0.6) is 0 Å². The van der Waals surface area contributed by atoms with Gasteiger partial charge in [-0.1, -0.05) is 0 Å². The number of nitrogen functional groups attached to an aromatic ring is 1. The Morgan fingerprint density at radius 3 is 2.70 bits per heavy atom. The van der Waals surface area contributed by atoms with Gasteiger partial charge in [0.25, 0.3) is 5.56 Å². The molecule has 0 saturated carbocycles. The van der Waals surface area contributed by atoms with Crippen molar-refractivity contribution in [1.82, 2.24) is 4.40 Å². The molecule has 1 aliphatic rings. The number of nitrogens with two attached hydrogens (primary N) is 1. The lowest BCUT2D eigenvalue weighted by molar-refractivity contribution is 0.0524. The van der Waals surface area contributed by atoms with E-state index in [1.807, 2.05) is 0 Å². The number of fused-ring (bicyclic) bond motifs is 3. The van der Waals surface area contributed by atoms with Crippen LogP contribution in [0.2, 0.25) is 0 Å². The smallest absolute Gasteiger partial charge is 0.343 e. The van der Waals surface area contributed by atoms with Crippen molar-refractivity contribution in [2.24, 2.45) is 0 Å². The monoisotopic (exact) mass is 311 g/mol. The first-order chi connectivity index (χ1) is 11.1. The van der Waals surface area contributed by atoms with Crippen LogP contribution in [0.25, 0.3) is 5.52 Å². The molecular formula is C17H17N3O3. The highest BCUT2D eigenvalue weighted by Gasteiger charge is 2.23. The number of rotatable bonds is 2. The summed E-state index contributed by atoms with van der Waals surface area (Å²) in [5.41, 5.74) is 8.40. The Labute approximate surface area is 133 Å². The predicted octanol–water partition coefficient (Wildman–Crippen LogP) is 1.81. The zero-order valence-corrected chi connectivity index (χ0v) is 12.9. The van der Waals surface area contributed by atoms with Gasteiger partial charge in [0.1, 0.15) is 17.5 Å². The van der Waals surface area contributed by atoms with E-state index in [4.69, 9.17) is 10.5 Å². The van der Waals surface area contributed by atoms with Crippen molar-refractivity contribution in [2.45, 2.75) is 32.6 Å². The summed E-state index contributed by atoms with van der Waals surface area (Å²) < 4.78 is 6.18. The van der Waals surface area contributed by atoms with Crippen molar-refractivity contribution in [1.29, 1.82) is 5.26 Å². The van der Waals surface area contributed by atoms with Crippen LogP contribution < -0.4 is 11.3 Å². The van der Waals surface area contributed by atoms with Crippen LogP contribution in [-0.4, -0.2) is 17.0 Å². The quantitative estimate of drug-likeness (QED) is 0.853. The van der Waals surface area contributed by atoms with Gasteiger partial charge in [0.2, 0.25) is 0 Å². The Balaban J connectivity index is 2.38. The van der Waals surface area contributed by atoms with Crippen LogP contribution in [0.1, 0.15) is 46.8 Å². The third kappa shape index (κ3) is 2.25. The molecule has 2 aromatic heterocycles. The molecule has 2 heterocycles. The largest absolute Gasteiger partial charge is 0.462 e. The molecule has 1 aliphatic carbocycles. The second kappa shape index (κ2) is 5.76. The summed E-state index contributed by atoms with van der Waals surface area (Å²) in [6.45, 7) is 1.86. The molecule has 2 aromatic rings. The number of carbonyl (C=O) groups is 1. The van der Waals surface area contributed by atoms with Gasteiger partial charge in [-0.3, -0.25) is 9.20 Å². The van der Waals surface area contributed by atoms with Gasteiger partial charge < -0.3 is 10.5 Å². The molecule has 0 saturated heterocycles. The first-order valence-electron chi connectivity index (χ1n) is 7.66. The fraction of sp³-hybridized carbons (Fsp3) is 0.353. The minimum atomic E-state index is -0.678. The molecule has 118 valence electrons. The first-order valence-corrected chi connectivity index (χ1v) is 7.66. The fourth-order valence-corrected chi connectivity index (χ4v) is 3.23. The summed E-state index contributed by atoms with van der Waals surface area (Å²) >= 11 is 0. The van der Waals surface area contributed by atoms with Gasteiger partial charge in [-0.25, -0.2) is 4.79 Å². The first kappa shape index (κ1) is 15.1. The molecule has 0 spiro atoms. The maximum Gasteiger partial charge on any atom is 0.343 e. The molecule has 0 aromatic carbocycles. The van der Waals surface area contributed by atoms with Crippen molar-refractivity contribution in [3.63, 3.8) is 0 Å². The molecule has 0 radical (unpaired) electrons. The number of hydrogen-bond acceptors (Lipinski definition) is 5. The molecule has 23 heavy (non-hydrogen) atoms. The maximum absolute atomic E-state index is 12.7. The standard InChI is InChI=1S/C17H17N3O3/c1-2-23-17(22)12-7-8-14-11-6-4-3-5-10(11)13(9-18)15(19)20(14)16(12)21/h7-8H,2-6,19H2,1H3. The van der Waals surface area contributed by atoms with E-state index in [9.17, 15) is 14.9 Å². The number of pyridine rings is 2. The van der Waals surface area contributed by atoms with Crippen molar-refractivity contribution in [3.8, 4) is 6.07 Å². The molecule has 3 rings (SSSR count). The molecule has 0 fully saturated rings. The molecule has 6 heteroatoms. The second-order valence-electron chi connectivity index (χ2n) is 5.53. The molecule has 6 nitrogen and oxygen atoms in total. The van der Waals surface area contributed by atoms with Crippen molar-refractivity contribution in [3.05, 3.63) is 44.7 Å². The number of hydrogen-bond donors (Lipinski definition) is 1. The summed E-state index contributed by atoms with van der Waals surface area (Å²) in [6, 6.07) is 5.32. The van der Waals surface area contributed by atoms with Crippen LogP contribution in [0.3, 0.4) is 0 Å². The minimum absolute atomic E-state index is 0.0734.